The van der Waals surface area contributed by atoms with Crippen LogP contribution in [0.1, 0.15) is 21.0 Å². The molecule has 0 aromatic carbocycles. The van der Waals surface area contributed by atoms with Crippen LogP contribution in [0.2, 0.25) is 0 Å². The maximum atomic E-state index is 12.4. The zero-order chi connectivity index (χ0) is 13.7. The first-order valence-corrected chi connectivity index (χ1v) is 7.29. The Labute approximate surface area is 118 Å². The molecule has 1 aliphatic rings. The molecule has 5 heteroatoms. The van der Waals surface area contributed by atoms with Crippen molar-refractivity contribution in [2.45, 2.75) is 6.42 Å². The molecule has 0 saturated carbocycles. The summed E-state index contributed by atoms with van der Waals surface area (Å²) in [5.74, 6) is 5.90. The third-order valence-corrected chi connectivity index (χ3v) is 4.13. The quantitative estimate of drug-likeness (QED) is 0.774. The summed E-state index contributed by atoms with van der Waals surface area (Å²) < 4.78 is 0. The van der Waals surface area contributed by atoms with Gasteiger partial charge in [-0.15, -0.1) is 11.3 Å². The van der Waals surface area contributed by atoms with E-state index in [-0.39, 0.29) is 5.91 Å². The standard InChI is InChI=1S/C14H19N3OS/c1-16-8-3-9-17(11-10-16)14(18)13-6-5-12(19-13)4-2-7-15/h5-6H,3,7-11,15H2,1H3. The highest BCUT2D eigenvalue weighted by Crippen LogP contribution is 2.18. The second-order valence-electron chi connectivity index (χ2n) is 4.62. The molecule has 1 aliphatic heterocycles. The lowest BCUT2D eigenvalue weighted by Crippen LogP contribution is -2.34. The van der Waals surface area contributed by atoms with Crippen molar-refractivity contribution >= 4 is 17.2 Å². The van der Waals surface area contributed by atoms with Gasteiger partial charge in [-0.1, -0.05) is 11.8 Å². The summed E-state index contributed by atoms with van der Waals surface area (Å²) in [6, 6.07) is 3.76. The first kappa shape index (κ1) is 14.1. The van der Waals surface area contributed by atoms with Crippen LogP contribution in [0.3, 0.4) is 0 Å². The first-order valence-electron chi connectivity index (χ1n) is 6.47. The molecule has 1 aromatic heterocycles. The lowest BCUT2D eigenvalue weighted by Gasteiger charge is -2.19. The average molecular weight is 277 g/mol. The zero-order valence-corrected chi connectivity index (χ0v) is 12.0. The Morgan fingerprint density at radius 3 is 3.00 bits per heavy atom. The van der Waals surface area contributed by atoms with Gasteiger partial charge >= 0.3 is 0 Å². The number of carbonyl (C=O) groups excluding carboxylic acids is 1. The highest BCUT2D eigenvalue weighted by Gasteiger charge is 2.19. The average Bonchev–Trinajstić information content (AvgIpc) is 2.78. The Morgan fingerprint density at radius 2 is 2.21 bits per heavy atom. The third-order valence-electron chi connectivity index (χ3n) is 3.14. The van der Waals surface area contributed by atoms with Crippen LogP contribution >= 0.6 is 11.3 Å². The number of likely N-dealkylation sites (N-methyl/N-ethyl adjacent to an activating group) is 1. The van der Waals surface area contributed by atoms with E-state index in [0.29, 0.717) is 6.54 Å². The van der Waals surface area contributed by atoms with Crippen LogP contribution in [0, 0.1) is 11.8 Å². The summed E-state index contributed by atoms with van der Waals surface area (Å²) in [6.45, 7) is 3.99. The van der Waals surface area contributed by atoms with E-state index in [1.165, 1.54) is 11.3 Å². The molecule has 4 nitrogen and oxygen atoms in total. The summed E-state index contributed by atoms with van der Waals surface area (Å²) in [7, 11) is 2.10. The minimum absolute atomic E-state index is 0.126. The topological polar surface area (TPSA) is 49.6 Å². The van der Waals surface area contributed by atoms with Gasteiger partial charge in [0.05, 0.1) is 16.3 Å². The van der Waals surface area contributed by atoms with E-state index < -0.39 is 0 Å². The van der Waals surface area contributed by atoms with E-state index in [1.807, 2.05) is 17.0 Å². The van der Waals surface area contributed by atoms with Crippen molar-refractivity contribution in [2.24, 2.45) is 5.73 Å². The van der Waals surface area contributed by atoms with Gasteiger partial charge < -0.3 is 15.5 Å². The smallest absolute Gasteiger partial charge is 0.264 e. The number of nitrogens with zero attached hydrogens (tertiary/aromatic N) is 2. The molecular weight excluding hydrogens is 258 g/mol. The van der Waals surface area contributed by atoms with E-state index >= 15 is 0 Å². The van der Waals surface area contributed by atoms with E-state index in [2.05, 4.69) is 23.8 Å². The van der Waals surface area contributed by atoms with Crippen molar-refractivity contribution in [1.82, 2.24) is 9.80 Å². The molecular formula is C14H19N3OS. The van der Waals surface area contributed by atoms with Gasteiger partial charge in [0.25, 0.3) is 5.91 Å². The third kappa shape index (κ3) is 3.80. The van der Waals surface area contributed by atoms with Crippen molar-refractivity contribution in [1.29, 1.82) is 0 Å². The van der Waals surface area contributed by atoms with Crippen molar-refractivity contribution in [3.05, 3.63) is 21.9 Å². The molecule has 1 fully saturated rings. The number of hydrogen-bond acceptors (Lipinski definition) is 4. The number of hydrogen-bond donors (Lipinski definition) is 1. The molecule has 0 spiro atoms. The van der Waals surface area contributed by atoms with Gasteiger partial charge in [-0.25, -0.2) is 0 Å². The minimum atomic E-state index is 0.126. The van der Waals surface area contributed by atoms with E-state index in [1.54, 1.807) is 0 Å². The minimum Gasteiger partial charge on any atom is -0.337 e. The summed E-state index contributed by atoms with van der Waals surface area (Å²) in [6.07, 6.45) is 1.04. The Hall–Kier alpha value is -1.35. The first-order chi connectivity index (χ1) is 9.20. The van der Waals surface area contributed by atoms with Crippen LogP contribution in [0.15, 0.2) is 12.1 Å². The van der Waals surface area contributed by atoms with Crippen LogP contribution in [-0.4, -0.2) is 55.5 Å². The van der Waals surface area contributed by atoms with Gasteiger partial charge in [-0.2, -0.15) is 0 Å². The summed E-state index contributed by atoms with van der Waals surface area (Å²) in [5.41, 5.74) is 5.34. The number of amides is 1. The summed E-state index contributed by atoms with van der Waals surface area (Å²) in [5, 5.41) is 0. The monoisotopic (exact) mass is 277 g/mol. The van der Waals surface area contributed by atoms with Gasteiger partial charge in [-0.05, 0) is 32.1 Å². The molecule has 102 valence electrons. The lowest BCUT2D eigenvalue weighted by atomic mass is 10.3. The van der Waals surface area contributed by atoms with Crippen molar-refractivity contribution in [2.75, 3.05) is 39.8 Å². The molecule has 0 aliphatic carbocycles. The van der Waals surface area contributed by atoms with Gasteiger partial charge in [0.2, 0.25) is 0 Å². The van der Waals surface area contributed by atoms with Gasteiger partial charge in [-0.3, -0.25) is 4.79 Å². The summed E-state index contributed by atoms with van der Waals surface area (Å²) >= 11 is 1.45. The highest BCUT2D eigenvalue weighted by molar-refractivity contribution is 7.14. The number of carbonyl (C=O) groups is 1. The van der Waals surface area contributed by atoms with Crippen LogP contribution in [0.4, 0.5) is 0 Å². The SMILES string of the molecule is CN1CCCN(C(=O)c2ccc(C#CCN)s2)CC1. The van der Waals surface area contributed by atoms with E-state index in [0.717, 1.165) is 42.4 Å². The fraction of sp³-hybridized carbons (Fsp3) is 0.500. The predicted molar refractivity (Wildman–Crippen MR) is 78.3 cm³/mol. The van der Waals surface area contributed by atoms with Gasteiger partial charge in [0, 0.05) is 19.6 Å². The number of nitrogens with two attached hydrogens (primary N) is 1. The highest BCUT2D eigenvalue weighted by atomic mass is 32.1. The zero-order valence-electron chi connectivity index (χ0n) is 11.2. The fourth-order valence-electron chi connectivity index (χ4n) is 2.06. The molecule has 0 bridgehead atoms. The van der Waals surface area contributed by atoms with Crippen molar-refractivity contribution < 1.29 is 4.79 Å². The van der Waals surface area contributed by atoms with E-state index in [4.69, 9.17) is 5.73 Å². The predicted octanol–water partition coefficient (Wildman–Crippen LogP) is 0.836. The molecule has 2 N–H and O–H groups in total. The maximum Gasteiger partial charge on any atom is 0.264 e. The molecule has 1 aromatic rings. The Bertz CT molecular complexity index is 500. The second kappa shape index (κ2) is 6.71. The molecule has 1 saturated heterocycles. The molecule has 2 heterocycles. The lowest BCUT2D eigenvalue weighted by molar-refractivity contribution is 0.0767. The van der Waals surface area contributed by atoms with Crippen LogP contribution < -0.4 is 5.73 Å². The van der Waals surface area contributed by atoms with Crippen LogP contribution in [0.25, 0.3) is 0 Å². The van der Waals surface area contributed by atoms with Crippen molar-refractivity contribution in [3.63, 3.8) is 0 Å². The molecule has 1 amide bonds. The van der Waals surface area contributed by atoms with Gasteiger partial charge in [0.1, 0.15) is 0 Å². The normalized spacial score (nSPS) is 16.6. The molecule has 19 heavy (non-hydrogen) atoms. The van der Waals surface area contributed by atoms with Crippen molar-refractivity contribution in [3.8, 4) is 11.8 Å². The van der Waals surface area contributed by atoms with Crippen LogP contribution in [0.5, 0.6) is 0 Å². The van der Waals surface area contributed by atoms with Gasteiger partial charge in [0.15, 0.2) is 0 Å². The maximum absolute atomic E-state index is 12.4. The van der Waals surface area contributed by atoms with Crippen LogP contribution in [-0.2, 0) is 0 Å². The Kier molecular flexibility index (Phi) is 4.97. The second-order valence-corrected chi connectivity index (χ2v) is 5.70. The largest absolute Gasteiger partial charge is 0.337 e. The number of thiophene rings is 1. The number of rotatable bonds is 1. The molecule has 0 atom stereocenters. The Morgan fingerprint density at radius 1 is 1.37 bits per heavy atom. The molecule has 0 unspecified atom stereocenters. The Balaban J connectivity index is 2.04. The summed E-state index contributed by atoms with van der Waals surface area (Å²) in [4.78, 5) is 18.3. The fourth-order valence-corrected chi connectivity index (χ4v) is 2.91. The molecule has 0 radical (unpaired) electrons. The van der Waals surface area contributed by atoms with E-state index in [9.17, 15) is 4.79 Å². The molecule has 2 rings (SSSR count).